The fourth-order valence-electron chi connectivity index (χ4n) is 2.06. The van der Waals surface area contributed by atoms with Gasteiger partial charge in [-0.3, -0.25) is 0 Å². The van der Waals surface area contributed by atoms with E-state index in [4.69, 9.17) is 9.84 Å². The predicted octanol–water partition coefficient (Wildman–Crippen LogP) is 4.30. The van der Waals surface area contributed by atoms with Gasteiger partial charge in [0.05, 0.1) is 12.2 Å². The maximum atomic E-state index is 9.27. The van der Waals surface area contributed by atoms with Crippen molar-refractivity contribution in [3.8, 4) is 0 Å². The molecule has 0 spiro atoms. The van der Waals surface area contributed by atoms with E-state index >= 15 is 0 Å². The maximum Gasteiger partial charge on any atom is 0.108 e. The minimum atomic E-state index is -0.0734. The lowest BCUT2D eigenvalue weighted by Gasteiger charge is -2.24. The molecule has 0 aliphatic heterocycles. The van der Waals surface area contributed by atoms with E-state index in [2.05, 4.69) is 27.4 Å². The van der Waals surface area contributed by atoms with Crippen LogP contribution < -0.4 is 0 Å². The number of ether oxygens (including phenoxy) is 1. The Balaban J connectivity index is 4.33. The Labute approximate surface area is 123 Å². The number of allylic oxidation sites excluding steroid dienone is 3. The van der Waals surface area contributed by atoms with Gasteiger partial charge in [0.15, 0.2) is 0 Å². The van der Waals surface area contributed by atoms with Gasteiger partial charge in [0.2, 0.25) is 0 Å². The highest BCUT2D eigenvalue weighted by atomic mass is 16.5. The van der Waals surface area contributed by atoms with Gasteiger partial charge < -0.3 is 14.9 Å². The molecule has 2 N–H and O–H groups in total. The second-order valence-electron chi connectivity index (χ2n) is 5.82. The summed E-state index contributed by atoms with van der Waals surface area (Å²) in [5, 5.41) is 18.3. The normalized spacial score (nSPS) is 13.7. The summed E-state index contributed by atoms with van der Waals surface area (Å²) in [6, 6.07) is 0. The van der Waals surface area contributed by atoms with Crippen molar-refractivity contribution in [1.29, 1.82) is 0 Å². The fourth-order valence-corrected chi connectivity index (χ4v) is 2.06. The molecular formula is C17H30O3. The number of aliphatic hydroxyl groups is 2. The smallest absolute Gasteiger partial charge is 0.108 e. The molecule has 20 heavy (non-hydrogen) atoms. The summed E-state index contributed by atoms with van der Waals surface area (Å²) >= 11 is 0. The molecule has 0 unspecified atom stereocenters. The summed E-state index contributed by atoms with van der Waals surface area (Å²) in [5.74, 6) is 0.0363. The monoisotopic (exact) mass is 282 g/mol. The van der Waals surface area contributed by atoms with Gasteiger partial charge in [-0.1, -0.05) is 26.0 Å². The zero-order chi connectivity index (χ0) is 15.6. The summed E-state index contributed by atoms with van der Waals surface area (Å²) in [7, 11) is 0. The third-order valence-electron chi connectivity index (χ3n) is 2.99. The van der Waals surface area contributed by atoms with Crippen LogP contribution in [0.1, 0.15) is 53.4 Å². The highest BCUT2D eigenvalue weighted by molar-refractivity contribution is 5.28. The molecule has 0 fully saturated rings. The topological polar surface area (TPSA) is 49.7 Å². The van der Waals surface area contributed by atoms with E-state index in [0.29, 0.717) is 6.61 Å². The first-order valence-corrected chi connectivity index (χ1v) is 7.31. The molecule has 116 valence electrons. The second-order valence-corrected chi connectivity index (χ2v) is 5.82. The van der Waals surface area contributed by atoms with Crippen LogP contribution in [-0.2, 0) is 4.74 Å². The molecule has 0 aromatic heterocycles. The van der Waals surface area contributed by atoms with Gasteiger partial charge in [0.1, 0.15) is 5.76 Å². The Morgan fingerprint density at radius 3 is 2.45 bits per heavy atom. The van der Waals surface area contributed by atoms with Crippen molar-refractivity contribution in [2.45, 2.75) is 59.0 Å². The summed E-state index contributed by atoms with van der Waals surface area (Å²) < 4.78 is 5.87. The lowest BCUT2D eigenvalue weighted by atomic mass is 10.0. The first-order valence-electron chi connectivity index (χ1n) is 7.31. The molecule has 0 heterocycles. The highest BCUT2D eigenvalue weighted by Crippen LogP contribution is 2.18. The predicted molar refractivity (Wildman–Crippen MR) is 84.9 cm³/mol. The number of rotatable bonds is 10. The lowest BCUT2D eigenvalue weighted by molar-refractivity contribution is -0.0246. The van der Waals surface area contributed by atoms with Crippen molar-refractivity contribution in [1.82, 2.24) is 0 Å². The second kappa shape index (κ2) is 9.78. The Morgan fingerprint density at radius 2 is 1.95 bits per heavy atom. The van der Waals surface area contributed by atoms with E-state index in [1.54, 1.807) is 6.08 Å². The van der Waals surface area contributed by atoms with Gasteiger partial charge >= 0.3 is 0 Å². The zero-order valence-electron chi connectivity index (χ0n) is 13.4. The molecule has 0 aliphatic carbocycles. The summed E-state index contributed by atoms with van der Waals surface area (Å²) in [4.78, 5) is 0. The fraction of sp³-hybridized carbons (Fsp3) is 0.647. The Bertz CT molecular complexity index is 351. The maximum absolute atomic E-state index is 9.27. The molecule has 0 aromatic rings. The summed E-state index contributed by atoms with van der Waals surface area (Å²) in [6.45, 7) is 12.4. The van der Waals surface area contributed by atoms with Crippen LogP contribution in [0.3, 0.4) is 0 Å². The van der Waals surface area contributed by atoms with Crippen molar-refractivity contribution in [3.05, 3.63) is 35.6 Å². The van der Waals surface area contributed by atoms with Crippen LogP contribution >= 0.6 is 0 Å². The van der Waals surface area contributed by atoms with Crippen LogP contribution in [0.4, 0.5) is 0 Å². The molecule has 0 amide bonds. The quantitative estimate of drug-likeness (QED) is 0.357. The van der Waals surface area contributed by atoms with Gasteiger partial charge in [-0.2, -0.15) is 0 Å². The van der Waals surface area contributed by atoms with Crippen LogP contribution in [0.15, 0.2) is 35.6 Å². The minimum Gasteiger partial charge on any atom is -0.509 e. The Morgan fingerprint density at radius 1 is 1.30 bits per heavy atom. The number of hydrogen-bond donors (Lipinski definition) is 2. The molecule has 0 atom stereocenters. The molecule has 0 bridgehead atoms. The first-order chi connectivity index (χ1) is 9.30. The standard InChI is InChI=1S/C17H30O3/c1-6-9-17(4,5)20-10-7-8-16(12-15(3)19)11-14(2)13-18/h11-12,18-19H,3,6-10,13H2,1-2,4-5H3/b14-11+,16-12-. The Kier molecular flexibility index (Phi) is 9.26. The SMILES string of the molecule is C=C(O)/C=C(\C=C(/C)CO)CCCOC(C)(C)CCC. The first kappa shape index (κ1) is 18.9. The van der Waals surface area contributed by atoms with E-state index in [1.807, 2.05) is 13.0 Å². The summed E-state index contributed by atoms with van der Waals surface area (Å²) in [6.07, 6.45) is 7.35. The zero-order valence-corrected chi connectivity index (χ0v) is 13.4. The van der Waals surface area contributed by atoms with Crippen LogP contribution in [0.25, 0.3) is 0 Å². The number of aliphatic hydroxyl groups excluding tert-OH is 2. The van der Waals surface area contributed by atoms with Crippen molar-refractivity contribution in [2.24, 2.45) is 0 Å². The van der Waals surface area contributed by atoms with E-state index in [1.165, 1.54) is 0 Å². The van der Waals surface area contributed by atoms with Crippen LogP contribution in [-0.4, -0.2) is 29.0 Å². The molecule has 0 radical (unpaired) electrons. The van der Waals surface area contributed by atoms with Crippen molar-refractivity contribution in [2.75, 3.05) is 13.2 Å². The molecule has 3 heteroatoms. The van der Waals surface area contributed by atoms with E-state index < -0.39 is 0 Å². The van der Waals surface area contributed by atoms with Gasteiger partial charge in [-0.05, 0) is 57.3 Å². The van der Waals surface area contributed by atoms with Crippen molar-refractivity contribution < 1.29 is 14.9 Å². The molecule has 0 rings (SSSR count). The molecule has 0 aliphatic rings. The molecule has 0 saturated carbocycles. The van der Waals surface area contributed by atoms with Crippen LogP contribution in [0, 0.1) is 0 Å². The summed E-state index contributed by atoms with van der Waals surface area (Å²) in [5.41, 5.74) is 1.75. The largest absolute Gasteiger partial charge is 0.509 e. The van der Waals surface area contributed by atoms with Gasteiger partial charge in [-0.25, -0.2) is 0 Å². The molecular weight excluding hydrogens is 252 g/mol. The van der Waals surface area contributed by atoms with Gasteiger partial charge in [0, 0.05) is 6.61 Å². The van der Waals surface area contributed by atoms with E-state index in [0.717, 1.165) is 36.8 Å². The van der Waals surface area contributed by atoms with Crippen molar-refractivity contribution in [3.63, 3.8) is 0 Å². The third-order valence-corrected chi connectivity index (χ3v) is 2.99. The van der Waals surface area contributed by atoms with Crippen LogP contribution in [0.5, 0.6) is 0 Å². The third kappa shape index (κ3) is 9.82. The Hall–Kier alpha value is -1.06. The molecule has 0 aromatic carbocycles. The van der Waals surface area contributed by atoms with Crippen molar-refractivity contribution >= 4 is 0 Å². The number of hydrogen-bond acceptors (Lipinski definition) is 3. The van der Waals surface area contributed by atoms with E-state index in [-0.39, 0.29) is 18.0 Å². The average molecular weight is 282 g/mol. The molecule has 3 nitrogen and oxygen atoms in total. The lowest BCUT2D eigenvalue weighted by Crippen LogP contribution is -2.24. The highest BCUT2D eigenvalue weighted by Gasteiger charge is 2.16. The minimum absolute atomic E-state index is 0.0231. The van der Waals surface area contributed by atoms with E-state index in [9.17, 15) is 5.11 Å². The molecule has 0 saturated heterocycles. The van der Waals surface area contributed by atoms with Gasteiger partial charge in [0.25, 0.3) is 0 Å². The van der Waals surface area contributed by atoms with Gasteiger partial charge in [-0.15, -0.1) is 0 Å². The van der Waals surface area contributed by atoms with Crippen LogP contribution in [0.2, 0.25) is 0 Å². The average Bonchev–Trinajstić information content (AvgIpc) is 2.33.